The Balaban J connectivity index is 1.65. The van der Waals surface area contributed by atoms with Crippen molar-refractivity contribution in [3.8, 4) is 10.4 Å². The molecule has 3 heterocycles. The number of hydrogen-bond acceptors (Lipinski definition) is 5. The summed E-state index contributed by atoms with van der Waals surface area (Å²) in [7, 11) is -1.38. The van der Waals surface area contributed by atoms with Gasteiger partial charge in [-0.2, -0.15) is 18.3 Å². The van der Waals surface area contributed by atoms with Crippen molar-refractivity contribution < 1.29 is 27.1 Å². The maximum atomic E-state index is 13.7. The molecule has 0 saturated heterocycles. The minimum absolute atomic E-state index is 0.172. The predicted octanol–water partition coefficient (Wildman–Crippen LogP) is 6.28. The topological polar surface area (TPSA) is 56.2 Å². The Labute approximate surface area is 199 Å². The van der Waals surface area contributed by atoms with Gasteiger partial charge in [-0.15, -0.1) is 11.3 Å². The van der Waals surface area contributed by atoms with Crippen molar-refractivity contribution in [2.75, 3.05) is 18.5 Å². The molecule has 4 rings (SSSR count). The van der Waals surface area contributed by atoms with E-state index in [2.05, 4.69) is 30.1 Å². The molecule has 0 atom stereocenters. The highest BCUT2D eigenvalue weighted by Gasteiger charge is 2.36. The second-order valence-electron chi connectivity index (χ2n) is 9.42. The maximum absolute atomic E-state index is 13.7. The first-order valence-electron chi connectivity index (χ1n) is 10.9. The van der Waals surface area contributed by atoms with Crippen LogP contribution in [0, 0.1) is 5.82 Å². The lowest BCUT2D eigenvalue weighted by molar-refractivity contribution is -0.141. The van der Waals surface area contributed by atoms with Crippen molar-refractivity contribution in [2.24, 2.45) is 0 Å². The number of benzene rings is 1. The van der Waals surface area contributed by atoms with Crippen LogP contribution in [0.15, 0.2) is 30.3 Å². The molecule has 0 radical (unpaired) electrons. The van der Waals surface area contributed by atoms with E-state index in [1.807, 2.05) is 0 Å². The molecular formula is C23H25F4N3O2SSi. The van der Waals surface area contributed by atoms with Crippen LogP contribution in [0.5, 0.6) is 0 Å². The molecule has 0 aliphatic carbocycles. The van der Waals surface area contributed by atoms with E-state index in [-0.39, 0.29) is 18.2 Å². The predicted molar refractivity (Wildman–Crippen MR) is 127 cm³/mol. The number of thiophene rings is 1. The van der Waals surface area contributed by atoms with E-state index < -0.39 is 25.7 Å². The summed E-state index contributed by atoms with van der Waals surface area (Å²) in [6, 6.07) is 7.72. The third-order valence-corrected chi connectivity index (χ3v) is 8.40. The minimum Gasteiger partial charge on any atom is -0.384 e. The zero-order valence-electron chi connectivity index (χ0n) is 19.1. The van der Waals surface area contributed by atoms with Crippen molar-refractivity contribution in [1.29, 1.82) is 0 Å². The van der Waals surface area contributed by atoms with Gasteiger partial charge in [0.2, 0.25) is 5.78 Å². The number of rotatable bonds is 7. The zero-order valence-corrected chi connectivity index (χ0v) is 20.9. The monoisotopic (exact) mass is 511 g/mol. The molecule has 34 heavy (non-hydrogen) atoms. The molecule has 2 aromatic heterocycles. The largest absolute Gasteiger partial charge is 0.435 e. The summed E-state index contributed by atoms with van der Waals surface area (Å²) in [4.78, 5) is 14.4. The summed E-state index contributed by atoms with van der Waals surface area (Å²) in [6.45, 7) is 7.21. The Morgan fingerprint density at radius 3 is 2.71 bits per heavy atom. The lowest BCUT2D eigenvalue weighted by Crippen LogP contribution is -2.22. The average molecular weight is 512 g/mol. The number of carbonyl (C=O) groups is 1. The molecule has 182 valence electrons. The molecule has 3 aromatic rings. The van der Waals surface area contributed by atoms with Crippen LogP contribution in [0.4, 0.5) is 23.2 Å². The number of anilines is 1. The third kappa shape index (κ3) is 5.42. The molecule has 0 fully saturated rings. The Morgan fingerprint density at radius 1 is 1.24 bits per heavy atom. The molecule has 0 amide bonds. The molecule has 0 spiro atoms. The second-order valence-corrected chi connectivity index (χ2v) is 16.1. The summed E-state index contributed by atoms with van der Waals surface area (Å²) in [5.74, 6) is -0.924. The maximum Gasteiger partial charge on any atom is 0.435 e. The first-order chi connectivity index (χ1) is 15.9. The van der Waals surface area contributed by atoms with Crippen LogP contribution >= 0.6 is 11.3 Å². The lowest BCUT2D eigenvalue weighted by atomic mass is 10.1. The Bertz CT molecular complexity index is 1210. The van der Waals surface area contributed by atoms with Crippen molar-refractivity contribution in [3.63, 3.8) is 0 Å². The number of hydrogen-bond donors (Lipinski definition) is 1. The van der Waals surface area contributed by atoms with Crippen LogP contribution in [0.25, 0.3) is 10.4 Å². The first-order valence-corrected chi connectivity index (χ1v) is 15.4. The molecule has 5 nitrogen and oxygen atoms in total. The van der Waals surface area contributed by atoms with Gasteiger partial charge in [-0.25, -0.2) is 9.07 Å². The third-order valence-electron chi connectivity index (χ3n) is 5.48. The minimum atomic E-state index is -4.68. The van der Waals surface area contributed by atoms with Gasteiger partial charge in [0.25, 0.3) is 0 Å². The van der Waals surface area contributed by atoms with Gasteiger partial charge in [-0.1, -0.05) is 19.6 Å². The van der Waals surface area contributed by atoms with Crippen molar-refractivity contribution in [3.05, 3.63) is 58.0 Å². The quantitative estimate of drug-likeness (QED) is 0.176. The molecule has 11 heteroatoms. The van der Waals surface area contributed by atoms with E-state index in [0.29, 0.717) is 30.1 Å². The smallest absolute Gasteiger partial charge is 0.384 e. The Hall–Kier alpha value is -2.50. The van der Waals surface area contributed by atoms with Crippen LogP contribution in [0.3, 0.4) is 0 Å². The van der Waals surface area contributed by atoms with E-state index in [1.165, 1.54) is 23.5 Å². The van der Waals surface area contributed by atoms with Gasteiger partial charge in [0.1, 0.15) is 18.2 Å². The normalized spacial score (nSPS) is 13.7. The summed E-state index contributed by atoms with van der Waals surface area (Å²) in [5.41, 5.74) is 0.971. The molecular weight excluding hydrogens is 486 g/mol. The number of ether oxygens (including phenoxy) is 1. The number of aromatic nitrogens is 2. The molecule has 1 N–H and O–H groups in total. The van der Waals surface area contributed by atoms with Gasteiger partial charge in [-0.05, 0) is 42.3 Å². The van der Waals surface area contributed by atoms with Crippen molar-refractivity contribution >= 4 is 30.9 Å². The number of carbonyl (C=O) groups excluding carboxylic acids is 1. The molecule has 0 saturated carbocycles. The van der Waals surface area contributed by atoms with E-state index in [9.17, 15) is 22.4 Å². The number of ketones is 1. The van der Waals surface area contributed by atoms with Gasteiger partial charge in [0, 0.05) is 43.4 Å². The van der Waals surface area contributed by atoms with Gasteiger partial charge >= 0.3 is 6.18 Å². The van der Waals surface area contributed by atoms with E-state index in [4.69, 9.17) is 4.74 Å². The van der Waals surface area contributed by atoms with Crippen molar-refractivity contribution in [2.45, 2.75) is 45.0 Å². The summed E-state index contributed by atoms with van der Waals surface area (Å²) >= 11 is 1.19. The number of halogens is 4. The van der Waals surface area contributed by atoms with Crippen molar-refractivity contribution in [1.82, 2.24) is 9.78 Å². The fraction of sp³-hybridized carbons (Fsp3) is 0.391. The molecule has 0 unspecified atom stereocenters. The summed E-state index contributed by atoms with van der Waals surface area (Å²) in [5, 5.41) is 6.79. The lowest BCUT2D eigenvalue weighted by Gasteiger charge is -2.15. The summed E-state index contributed by atoms with van der Waals surface area (Å²) in [6.07, 6.45) is -4.08. The number of alkyl halides is 3. The molecule has 1 aliphatic heterocycles. The van der Waals surface area contributed by atoms with Crippen LogP contribution in [-0.2, 0) is 24.1 Å². The van der Waals surface area contributed by atoms with E-state index in [0.717, 1.165) is 32.8 Å². The van der Waals surface area contributed by atoms with E-state index in [1.54, 1.807) is 12.1 Å². The number of nitrogens with zero attached hydrogens (tertiary/aromatic N) is 2. The molecule has 0 bridgehead atoms. The SMILES string of the molecule is C[Si](C)(C)CCOCn1nc(C(F)(F)F)cc1C(=O)c1cc2c(s1)-c1ccc(F)cc1NCC2. The van der Waals surface area contributed by atoms with Gasteiger partial charge in [0.15, 0.2) is 5.69 Å². The van der Waals surface area contributed by atoms with Gasteiger partial charge in [-0.3, -0.25) is 4.79 Å². The zero-order chi connectivity index (χ0) is 24.7. The van der Waals surface area contributed by atoms with Gasteiger partial charge < -0.3 is 10.1 Å². The van der Waals surface area contributed by atoms with Crippen LogP contribution in [-0.4, -0.2) is 36.8 Å². The standard InChI is InChI=1S/C23H25F4N3O2SSi/c1-34(2,3)9-8-32-13-30-18(12-20(29-30)23(25,26)27)21(31)19-10-14-6-7-28-17-11-15(24)4-5-16(17)22(14)33-19/h4-5,10-12,28H,6-9,13H2,1-3H3. The van der Waals surface area contributed by atoms with E-state index >= 15 is 0 Å². The highest BCUT2D eigenvalue weighted by Crippen LogP contribution is 2.40. The Kier molecular flexibility index (Phi) is 6.71. The highest BCUT2D eigenvalue weighted by atomic mass is 32.1. The fourth-order valence-corrected chi connectivity index (χ4v) is 5.59. The second kappa shape index (κ2) is 9.27. The number of nitrogens with one attached hydrogen (secondary N) is 1. The Morgan fingerprint density at radius 2 is 2.00 bits per heavy atom. The van der Waals surface area contributed by atoms with Gasteiger partial charge in [0.05, 0.1) is 4.88 Å². The molecule has 1 aromatic carbocycles. The fourth-order valence-electron chi connectivity index (χ4n) is 3.64. The van der Waals surface area contributed by atoms with Crippen LogP contribution in [0.1, 0.15) is 26.6 Å². The molecule has 1 aliphatic rings. The van der Waals surface area contributed by atoms with Crippen LogP contribution in [0.2, 0.25) is 25.7 Å². The highest BCUT2D eigenvalue weighted by molar-refractivity contribution is 7.17. The average Bonchev–Trinajstić information content (AvgIpc) is 3.31. The van der Waals surface area contributed by atoms with Crippen LogP contribution < -0.4 is 5.32 Å². The summed E-state index contributed by atoms with van der Waals surface area (Å²) < 4.78 is 60.4. The first kappa shape index (κ1) is 24.6. The number of fused-ring (bicyclic) bond motifs is 3.